The summed E-state index contributed by atoms with van der Waals surface area (Å²) >= 11 is 1.67. The van der Waals surface area contributed by atoms with Gasteiger partial charge in [-0.1, -0.05) is 48.9 Å². The first-order chi connectivity index (χ1) is 16.4. The number of benzene rings is 2. The van der Waals surface area contributed by atoms with E-state index in [4.69, 9.17) is 4.98 Å². The highest BCUT2D eigenvalue weighted by atomic mass is 32.1. The summed E-state index contributed by atoms with van der Waals surface area (Å²) in [5, 5.41) is 3.91. The zero-order valence-electron chi connectivity index (χ0n) is 19.4. The molecule has 0 bridgehead atoms. The van der Waals surface area contributed by atoms with Gasteiger partial charge in [-0.25, -0.2) is 9.78 Å². The van der Waals surface area contributed by atoms with Gasteiger partial charge in [0.25, 0.3) is 5.91 Å². The summed E-state index contributed by atoms with van der Waals surface area (Å²) in [5.74, 6) is -0.400. The van der Waals surface area contributed by atoms with Crippen LogP contribution in [0.4, 0.5) is 4.79 Å². The number of aromatic nitrogens is 1. The second-order valence-electron chi connectivity index (χ2n) is 9.15. The normalized spacial score (nSPS) is 22.9. The molecule has 2 saturated heterocycles. The fourth-order valence-electron chi connectivity index (χ4n) is 4.95. The monoisotopic (exact) mass is 476 g/mol. The summed E-state index contributed by atoms with van der Waals surface area (Å²) in [6.07, 6.45) is 2.25. The Bertz CT molecular complexity index is 1220. The van der Waals surface area contributed by atoms with Crippen LogP contribution in [-0.4, -0.2) is 52.3 Å². The molecule has 2 aliphatic heterocycles. The second-order valence-corrected chi connectivity index (χ2v) is 10.2. The van der Waals surface area contributed by atoms with Crippen molar-refractivity contribution >= 4 is 39.4 Å². The smallest absolute Gasteiger partial charge is 0.325 e. The van der Waals surface area contributed by atoms with Crippen LogP contribution in [-0.2, 0) is 15.1 Å². The molecule has 0 unspecified atom stereocenters. The van der Waals surface area contributed by atoms with Crippen molar-refractivity contribution in [1.29, 1.82) is 0 Å². The molecule has 0 spiro atoms. The topological polar surface area (TPSA) is 82.6 Å². The number of para-hydroxylation sites is 1. The number of carbonyl (C=O) groups excluding carboxylic acids is 3. The molecule has 3 heterocycles. The van der Waals surface area contributed by atoms with Gasteiger partial charge in [0.1, 0.15) is 12.1 Å². The van der Waals surface area contributed by atoms with Crippen LogP contribution in [0.5, 0.6) is 0 Å². The first-order valence-corrected chi connectivity index (χ1v) is 12.6. The molecule has 1 N–H and O–H groups in total. The number of nitrogens with one attached hydrogen (secondary N) is 1. The van der Waals surface area contributed by atoms with E-state index in [1.54, 1.807) is 16.2 Å². The van der Waals surface area contributed by atoms with Crippen molar-refractivity contribution in [1.82, 2.24) is 20.1 Å². The predicted octanol–water partition coefficient (Wildman–Crippen LogP) is 4.17. The van der Waals surface area contributed by atoms with Gasteiger partial charge in [-0.05, 0) is 43.9 Å². The second kappa shape index (κ2) is 8.83. The standard InChI is InChI=1S/C26H28N4O3S/c1-3-26(19-12-10-17(2)11-13-19)24(32)30(25(33)28-26)16-22(31)29-14-6-7-18(15-29)23-27-20-8-4-5-9-21(20)34-23/h4-5,8-13,18H,3,6-7,14-16H2,1-2H3,(H,28,33)/t18-,26-/m0/s1. The van der Waals surface area contributed by atoms with Crippen molar-refractivity contribution in [3.05, 3.63) is 64.7 Å². The molecule has 1 aromatic heterocycles. The zero-order valence-corrected chi connectivity index (χ0v) is 20.2. The SMILES string of the molecule is CC[C@@]1(c2ccc(C)cc2)NC(=O)N(CC(=O)N2CCC[C@H](c3nc4ccccc4s3)C2)C1=O. The molecule has 2 atom stereocenters. The van der Waals surface area contributed by atoms with E-state index in [-0.39, 0.29) is 24.3 Å². The molecule has 5 rings (SSSR count). The third kappa shape index (κ3) is 3.86. The fourth-order valence-corrected chi connectivity index (χ4v) is 6.05. The van der Waals surface area contributed by atoms with Gasteiger partial charge in [-0.2, -0.15) is 0 Å². The summed E-state index contributed by atoms with van der Waals surface area (Å²) in [6.45, 7) is 4.78. The van der Waals surface area contributed by atoms with E-state index >= 15 is 0 Å². The predicted molar refractivity (Wildman–Crippen MR) is 132 cm³/mol. The first kappa shape index (κ1) is 22.5. The summed E-state index contributed by atoms with van der Waals surface area (Å²) in [4.78, 5) is 47.1. The maximum atomic E-state index is 13.4. The molecular weight excluding hydrogens is 448 g/mol. The van der Waals surface area contributed by atoms with Crippen LogP contribution in [0.2, 0.25) is 0 Å². The maximum absolute atomic E-state index is 13.4. The lowest BCUT2D eigenvalue weighted by Crippen LogP contribution is -2.47. The molecule has 0 saturated carbocycles. The van der Waals surface area contributed by atoms with Gasteiger partial charge in [0.05, 0.1) is 15.2 Å². The molecule has 2 fully saturated rings. The lowest BCUT2D eigenvalue weighted by Gasteiger charge is -2.32. The zero-order chi connectivity index (χ0) is 23.9. The summed E-state index contributed by atoms with van der Waals surface area (Å²) in [6, 6.07) is 15.1. The van der Waals surface area contributed by atoms with Gasteiger partial charge in [0.15, 0.2) is 0 Å². The van der Waals surface area contributed by atoms with Crippen molar-refractivity contribution < 1.29 is 14.4 Å². The Morgan fingerprint density at radius 1 is 1.18 bits per heavy atom. The molecule has 176 valence electrons. The molecule has 3 aromatic rings. The van der Waals surface area contributed by atoms with Crippen molar-refractivity contribution in [2.24, 2.45) is 0 Å². The minimum atomic E-state index is -1.13. The van der Waals surface area contributed by atoms with E-state index in [9.17, 15) is 14.4 Å². The molecule has 34 heavy (non-hydrogen) atoms. The summed E-state index contributed by atoms with van der Waals surface area (Å²) in [5.41, 5.74) is 1.67. The van der Waals surface area contributed by atoms with Gasteiger partial charge in [0, 0.05) is 19.0 Å². The molecule has 8 heteroatoms. The third-order valence-electron chi connectivity index (χ3n) is 6.98. The maximum Gasteiger partial charge on any atom is 0.325 e. The van der Waals surface area contributed by atoms with E-state index in [2.05, 4.69) is 11.4 Å². The average molecular weight is 477 g/mol. The van der Waals surface area contributed by atoms with E-state index in [0.717, 1.165) is 44.1 Å². The average Bonchev–Trinajstić information content (AvgIpc) is 3.40. The molecular formula is C26H28N4O3S. The Morgan fingerprint density at radius 3 is 2.68 bits per heavy atom. The number of piperidine rings is 1. The van der Waals surface area contributed by atoms with E-state index in [1.807, 2.05) is 56.3 Å². The number of aryl methyl sites for hydroxylation is 1. The quantitative estimate of drug-likeness (QED) is 0.561. The highest BCUT2D eigenvalue weighted by Crippen LogP contribution is 2.34. The number of rotatable bonds is 5. The number of thiazole rings is 1. The van der Waals surface area contributed by atoms with Crippen molar-refractivity contribution in [2.45, 2.75) is 44.6 Å². The number of fused-ring (bicyclic) bond motifs is 1. The molecule has 7 nitrogen and oxygen atoms in total. The van der Waals surface area contributed by atoms with E-state index in [1.165, 1.54) is 0 Å². The van der Waals surface area contributed by atoms with E-state index in [0.29, 0.717) is 19.5 Å². The lowest BCUT2D eigenvalue weighted by molar-refractivity contribution is -0.140. The third-order valence-corrected chi connectivity index (χ3v) is 8.18. The largest absolute Gasteiger partial charge is 0.340 e. The summed E-state index contributed by atoms with van der Waals surface area (Å²) in [7, 11) is 0. The molecule has 2 aliphatic rings. The van der Waals surface area contributed by atoms with Crippen molar-refractivity contribution in [2.75, 3.05) is 19.6 Å². The number of nitrogens with zero attached hydrogens (tertiary/aromatic N) is 3. The van der Waals surface area contributed by atoms with Crippen molar-refractivity contribution in [3.63, 3.8) is 0 Å². The Labute approximate surface area is 202 Å². The lowest BCUT2D eigenvalue weighted by atomic mass is 9.86. The first-order valence-electron chi connectivity index (χ1n) is 11.8. The fraction of sp³-hybridized carbons (Fsp3) is 0.385. The van der Waals surface area contributed by atoms with Gasteiger partial charge < -0.3 is 10.2 Å². The van der Waals surface area contributed by atoms with Gasteiger partial charge in [0.2, 0.25) is 5.91 Å². The van der Waals surface area contributed by atoms with Crippen LogP contribution in [0, 0.1) is 6.92 Å². The van der Waals surface area contributed by atoms with Crippen LogP contribution in [0.15, 0.2) is 48.5 Å². The Kier molecular flexibility index (Phi) is 5.85. The number of hydrogen-bond donors (Lipinski definition) is 1. The minimum absolute atomic E-state index is 0.167. The minimum Gasteiger partial charge on any atom is -0.340 e. The van der Waals surface area contributed by atoms with Crippen LogP contribution in [0.1, 0.15) is 48.2 Å². The van der Waals surface area contributed by atoms with Gasteiger partial charge in [-0.15, -0.1) is 11.3 Å². The Morgan fingerprint density at radius 2 is 1.94 bits per heavy atom. The van der Waals surface area contributed by atoms with Crippen LogP contribution in [0.25, 0.3) is 10.2 Å². The molecule has 4 amide bonds. The number of carbonyl (C=O) groups is 3. The van der Waals surface area contributed by atoms with Crippen LogP contribution < -0.4 is 5.32 Å². The Hall–Kier alpha value is -3.26. The number of urea groups is 1. The molecule has 0 aliphatic carbocycles. The van der Waals surface area contributed by atoms with Gasteiger partial charge in [-0.3, -0.25) is 14.5 Å². The van der Waals surface area contributed by atoms with Gasteiger partial charge >= 0.3 is 6.03 Å². The molecule has 2 aromatic carbocycles. The Balaban J connectivity index is 1.31. The highest BCUT2D eigenvalue weighted by molar-refractivity contribution is 7.18. The highest BCUT2D eigenvalue weighted by Gasteiger charge is 2.51. The number of imide groups is 1. The van der Waals surface area contributed by atoms with Crippen molar-refractivity contribution in [3.8, 4) is 0 Å². The number of amides is 4. The summed E-state index contributed by atoms with van der Waals surface area (Å²) < 4.78 is 1.15. The van der Waals surface area contributed by atoms with E-state index < -0.39 is 11.6 Å². The van der Waals surface area contributed by atoms with Crippen LogP contribution in [0.3, 0.4) is 0 Å². The van der Waals surface area contributed by atoms with Crippen LogP contribution >= 0.6 is 11.3 Å². The number of hydrogen-bond acceptors (Lipinski definition) is 5. The number of likely N-dealkylation sites (tertiary alicyclic amines) is 1. The molecule has 0 radical (unpaired) electrons.